The predicted octanol–water partition coefficient (Wildman–Crippen LogP) is 3.25. The molecule has 3 heteroatoms. The zero-order chi connectivity index (χ0) is 10.2. The van der Waals surface area contributed by atoms with Crippen molar-refractivity contribution in [2.75, 3.05) is 0 Å². The third-order valence-corrected chi connectivity index (χ3v) is 1.36. The number of hydrogen-bond acceptors (Lipinski definition) is 0. The molecule has 0 heterocycles. The average molecular weight is 385 g/mol. The van der Waals surface area contributed by atoms with Crippen LogP contribution in [0.25, 0.3) is 0 Å². The fraction of sp³-hybridized carbons (Fsp3) is 0. The van der Waals surface area contributed by atoms with E-state index in [-0.39, 0.29) is 32.7 Å². The van der Waals surface area contributed by atoms with Crippen LogP contribution < -0.4 is 0 Å². The van der Waals surface area contributed by atoms with Gasteiger partial charge in [0, 0.05) is 11.6 Å². The molecule has 80 valence electrons. The molecule has 2 aromatic rings. The summed E-state index contributed by atoms with van der Waals surface area (Å²) in [4.78, 5) is 0. The van der Waals surface area contributed by atoms with Gasteiger partial charge >= 0.3 is 21.1 Å². The molecule has 0 radical (unpaired) electrons. The molecule has 0 unspecified atom stereocenters. The van der Waals surface area contributed by atoms with Gasteiger partial charge in [0.1, 0.15) is 0 Å². The van der Waals surface area contributed by atoms with Gasteiger partial charge in [-0.1, -0.05) is 0 Å². The molecule has 0 amide bonds. The topological polar surface area (TPSA) is 0 Å². The molecule has 0 fully saturated rings. The summed E-state index contributed by atoms with van der Waals surface area (Å²) in [6, 6.07) is 17.0. The predicted molar refractivity (Wildman–Crippen MR) is 50.5 cm³/mol. The van der Waals surface area contributed by atoms with E-state index in [1.54, 1.807) is 0 Å². The van der Waals surface area contributed by atoms with Crippen LogP contribution in [0.15, 0.2) is 48.5 Å². The van der Waals surface area contributed by atoms with Crippen molar-refractivity contribution in [2.45, 2.75) is 0 Å². The first kappa shape index (κ1) is 14.0. The van der Waals surface area contributed by atoms with Crippen molar-refractivity contribution in [3.63, 3.8) is 0 Å². The van der Waals surface area contributed by atoms with Gasteiger partial charge in [-0.25, -0.2) is 8.78 Å². The van der Waals surface area contributed by atoms with Crippen molar-refractivity contribution in [1.82, 2.24) is 0 Å². The van der Waals surface area contributed by atoms with Gasteiger partial charge in [-0.05, 0) is 0 Å². The molecule has 0 aromatic heterocycles. The molecule has 2 rings (SSSR count). The summed E-state index contributed by atoms with van der Waals surface area (Å²) in [5.41, 5.74) is 0. The maximum atomic E-state index is 11.9. The van der Waals surface area contributed by atoms with Crippen LogP contribution in [-0.4, -0.2) is 0 Å². The van der Waals surface area contributed by atoms with Crippen molar-refractivity contribution in [1.29, 1.82) is 0 Å². The van der Waals surface area contributed by atoms with E-state index in [2.05, 4.69) is 12.1 Å². The second-order valence-corrected chi connectivity index (χ2v) is 2.44. The molecule has 2 aromatic carbocycles. The minimum absolute atomic E-state index is 0. The molecule has 0 N–H and O–H groups in total. The van der Waals surface area contributed by atoms with Crippen LogP contribution in [0.1, 0.15) is 0 Å². The minimum Gasteiger partial charge on any atom is -0.236 e. The van der Waals surface area contributed by atoms with Crippen molar-refractivity contribution in [2.24, 2.45) is 0 Å². The van der Waals surface area contributed by atoms with Crippen LogP contribution in [0.4, 0.5) is 8.78 Å². The van der Waals surface area contributed by atoms with Crippen molar-refractivity contribution in [3.8, 4) is 0 Å². The monoisotopic (exact) mass is 385 g/mol. The van der Waals surface area contributed by atoms with E-state index < -0.39 is 0 Å². The molecule has 0 aliphatic rings. The van der Waals surface area contributed by atoms with Gasteiger partial charge in [-0.15, -0.1) is 24.3 Å². The Balaban J connectivity index is 0.000000245. The fourth-order valence-corrected chi connectivity index (χ4v) is 0.733. The maximum Gasteiger partial charge on any atom is 2.00 e. The van der Waals surface area contributed by atoms with Gasteiger partial charge in [-0.2, -0.15) is 36.4 Å². The Bertz CT molecular complexity index is 311. The summed E-state index contributed by atoms with van der Waals surface area (Å²) < 4.78 is 23.8. The van der Waals surface area contributed by atoms with Crippen LogP contribution in [0, 0.1) is 23.8 Å². The van der Waals surface area contributed by atoms with E-state index in [0.717, 1.165) is 0 Å². The average Bonchev–Trinajstić information content (AvgIpc) is 2.21. The summed E-state index contributed by atoms with van der Waals surface area (Å²) >= 11 is 0. The van der Waals surface area contributed by atoms with Crippen LogP contribution in [-0.2, 0) is 21.1 Å². The van der Waals surface area contributed by atoms with Crippen LogP contribution in [0.5, 0.6) is 0 Å². The van der Waals surface area contributed by atoms with Crippen molar-refractivity contribution >= 4 is 0 Å². The quantitative estimate of drug-likeness (QED) is 0.611. The zero-order valence-corrected chi connectivity index (χ0v) is 9.96. The van der Waals surface area contributed by atoms with E-state index in [4.69, 9.17) is 0 Å². The van der Waals surface area contributed by atoms with E-state index in [1.165, 1.54) is 48.5 Å². The molecule has 0 saturated heterocycles. The third-order valence-electron chi connectivity index (χ3n) is 1.36. The van der Waals surface area contributed by atoms with E-state index >= 15 is 0 Å². The number of halogens is 2. The number of benzene rings is 2. The normalized spacial score (nSPS) is 8.13. The van der Waals surface area contributed by atoms with Gasteiger partial charge in [0.15, 0.2) is 0 Å². The molecule has 0 aliphatic heterocycles. The number of hydrogen-bond donors (Lipinski definition) is 0. The van der Waals surface area contributed by atoms with E-state index in [9.17, 15) is 8.78 Å². The van der Waals surface area contributed by atoms with Gasteiger partial charge in [0.25, 0.3) is 0 Å². The van der Waals surface area contributed by atoms with Gasteiger partial charge in [0.05, 0.1) is 0 Å². The first-order valence-corrected chi connectivity index (χ1v) is 4.02. The molecular formula is C12H8F2Pt. The Labute approximate surface area is 102 Å². The fourth-order valence-electron chi connectivity index (χ4n) is 0.733. The van der Waals surface area contributed by atoms with Crippen LogP contribution in [0.2, 0.25) is 0 Å². The Hall–Kier alpha value is -1.01. The Morgan fingerprint density at radius 2 is 0.933 bits per heavy atom. The molecule has 0 aliphatic carbocycles. The van der Waals surface area contributed by atoms with E-state index in [1.807, 2.05) is 0 Å². The molecule has 0 saturated carbocycles. The summed E-state index contributed by atoms with van der Waals surface area (Å²) in [5, 5.41) is 0. The molecule has 0 spiro atoms. The summed E-state index contributed by atoms with van der Waals surface area (Å²) in [6.45, 7) is 0. The largest absolute Gasteiger partial charge is 2.00 e. The first-order chi connectivity index (χ1) is 6.79. The second-order valence-electron chi connectivity index (χ2n) is 2.44. The standard InChI is InChI=1S/2C6H4F.Pt/c2*7-6-4-2-1-3-5-6;/h2*2-5H;/q2*-1;+2. The van der Waals surface area contributed by atoms with Crippen LogP contribution in [0.3, 0.4) is 0 Å². The van der Waals surface area contributed by atoms with Gasteiger partial charge < -0.3 is 0 Å². The van der Waals surface area contributed by atoms with Gasteiger partial charge in [0.2, 0.25) is 0 Å². The Morgan fingerprint density at radius 3 is 1.07 bits per heavy atom. The van der Waals surface area contributed by atoms with E-state index in [0.29, 0.717) is 0 Å². The Morgan fingerprint density at radius 1 is 0.667 bits per heavy atom. The zero-order valence-electron chi connectivity index (χ0n) is 7.69. The third kappa shape index (κ3) is 6.98. The summed E-state index contributed by atoms with van der Waals surface area (Å²) in [6.07, 6.45) is 0. The van der Waals surface area contributed by atoms with Gasteiger partial charge in [-0.3, -0.25) is 0 Å². The molecule has 0 bridgehead atoms. The number of rotatable bonds is 0. The van der Waals surface area contributed by atoms with Crippen molar-refractivity contribution in [3.05, 3.63) is 72.3 Å². The molecule has 0 nitrogen and oxygen atoms in total. The Kier molecular flexibility index (Phi) is 7.75. The first-order valence-electron chi connectivity index (χ1n) is 4.02. The SMILES string of the molecule is Fc1cc[c-]cc1.Fc1cc[c-]cc1.[Pt+2]. The molecular weight excluding hydrogens is 377 g/mol. The van der Waals surface area contributed by atoms with Crippen LogP contribution >= 0.6 is 0 Å². The smallest absolute Gasteiger partial charge is 0.236 e. The summed E-state index contributed by atoms with van der Waals surface area (Å²) in [5.74, 6) is -0.419. The van der Waals surface area contributed by atoms with Crippen molar-refractivity contribution < 1.29 is 29.8 Å². The maximum absolute atomic E-state index is 11.9. The molecule has 0 atom stereocenters. The molecule has 15 heavy (non-hydrogen) atoms. The minimum atomic E-state index is -0.209. The summed E-state index contributed by atoms with van der Waals surface area (Å²) in [7, 11) is 0. The second kappa shape index (κ2) is 8.31.